The first-order valence-corrected chi connectivity index (χ1v) is 4.37. The lowest BCUT2D eigenvalue weighted by molar-refractivity contribution is 0.799. The number of aromatic nitrogens is 5. The number of nitrogens with zero attached hydrogens (tertiary/aromatic N) is 5. The average Bonchev–Trinajstić information content (AvgIpc) is 2.17. The van der Waals surface area contributed by atoms with Gasteiger partial charge in [0.1, 0.15) is 24.3 Å². The first kappa shape index (κ1) is 7.49. The second-order valence-corrected chi connectivity index (χ2v) is 3.17. The Morgan fingerprint density at radius 1 is 0.786 bits per heavy atom. The number of hydrogen-bond donors (Lipinski definition) is 0. The van der Waals surface area contributed by atoms with Crippen LogP contribution in [-0.4, -0.2) is 24.9 Å². The van der Waals surface area contributed by atoms with Crippen LogP contribution in [0.25, 0.3) is 0 Å². The molecule has 68 valence electrons. The summed E-state index contributed by atoms with van der Waals surface area (Å²) in [5, 5.41) is 0. The Labute approximate surface area is 80.3 Å². The molecule has 0 unspecified atom stereocenters. The highest BCUT2D eigenvalue weighted by Gasteiger charge is 2.10. The summed E-state index contributed by atoms with van der Waals surface area (Å²) in [6, 6.07) is 1.98. The van der Waals surface area contributed by atoms with Crippen molar-refractivity contribution in [3.63, 3.8) is 0 Å². The van der Waals surface area contributed by atoms with Crippen molar-refractivity contribution in [3.8, 4) is 0 Å². The molecule has 0 radical (unpaired) electrons. The Morgan fingerprint density at radius 2 is 1.36 bits per heavy atom. The quantitative estimate of drug-likeness (QED) is 0.499. The van der Waals surface area contributed by atoms with E-state index >= 15 is 0 Å². The molecule has 0 aromatic carbocycles. The van der Waals surface area contributed by atoms with E-state index in [1.54, 1.807) is 12.7 Å². The highest BCUT2D eigenvalue weighted by Crippen LogP contribution is 2.10. The Hall–Kier alpha value is -1.91. The summed E-state index contributed by atoms with van der Waals surface area (Å²) in [6.45, 7) is 0. The molecule has 2 aromatic rings. The molecule has 1 aliphatic rings. The monoisotopic (exact) mass is 185 g/mol. The van der Waals surface area contributed by atoms with Gasteiger partial charge in [-0.25, -0.2) is 24.9 Å². The highest BCUT2D eigenvalue weighted by atomic mass is 15.0. The fraction of sp³-hybridized carbons (Fsp3) is 0.222. The van der Waals surface area contributed by atoms with Gasteiger partial charge in [0.2, 0.25) is 0 Å². The van der Waals surface area contributed by atoms with E-state index in [9.17, 15) is 0 Å². The molecule has 2 aromatic heterocycles. The van der Waals surface area contributed by atoms with E-state index in [2.05, 4.69) is 24.9 Å². The lowest BCUT2D eigenvalue weighted by atomic mass is 10.2. The molecule has 0 atom stereocenters. The third kappa shape index (κ3) is 1.22. The molecule has 0 aliphatic carbocycles. The molecule has 3 rings (SSSR count). The molecule has 14 heavy (non-hydrogen) atoms. The van der Waals surface area contributed by atoms with Gasteiger partial charge in [-0.2, -0.15) is 0 Å². The van der Waals surface area contributed by atoms with Crippen molar-refractivity contribution in [1.29, 1.82) is 0 Å². The maximum absolute atomic E-state index is 4.30. The Bertz CT molecular complexity index is 402. The van der Waals surface area contributed by atoms with Crippen LogP contribution in [0.1, 0.15) is 23.0 Å². The molecule has 0 spiro atoms. The van der Waals surface area contributed by atoms with Crippen molar-refractivity contribution in [2.45, 2.75) is 12.8 Å². The lowest BCUT2D eigenvalue weighted by Gasteiger charge is -2.07. The van der Waals surface area contributed by atoms with Crippen molar-refractivity contribution in [3.05, 3.63) is 41.8 Å². The Morgan fingerprint density at radius 3 is 2.00 bits per heavy atom. The normalized spacial score (nSPS) is 13.1. The zero-order valence-corrected chi connectivity index (χ0v) is 7.38. The molecule has 0 fully saturated rings. The summed E-state index contributed by atoms with van der Waals surface area (Å²) in [6.07, 6.45) is 4.44. The molecule has 3 heterocycles. The van der Waals surface area contributed by atoms with Gasteiger partial charge in [0.15, 0.2) is 0 Å². The van der Waals surface area contributed by atoms with Crippen LogP contribution < -0.4 is 0 Å². The summed E-state index contributed by atoms with van der Waals surface area (Å²) < 4.78 is 0. The zero-order valence-electron chi connectivity index (χ0n) is 7.38. The third-order valence-electron chi connectivity index (χ3n) is 2.13. The van der Waals surface area contributed by atoms with Gasteiger partial charge in [0.05, 0.1) is 24.2 Å². The second kappa shape index (κ2) is 2.80. The van der Waals surface area contributed by atoms with Crippen molar-refractivity contribution in [2.75, 3.05) is 0 Å². The first-order valence-electron chi connectivity index (χ1n) is 4.37. The molecule has 0 saturated heterocycles. The standard InChI is InChI=1S/C9H7N5/c1-6-2-8-12-5-13-9(14-8)3-7(1)11-4-10-6/h1,4-5H,2-3H2. The van der Waals surface area contributed by atoms with Crippen LogP contribution in [0.4, 0.5) is 0 Å². The summed E-state index contributed by atoms with van der Waals surface area (Å²) >= 11 is 0. The smallest absolute Gasteiger partial charge is 0.138 e. The Kier molecular flexibility index (Phi) is 1.50. The van der Waals surface area contributed by atoms with E-state index in [0.717, 1.165) is 23.0 Å². The third-order valence-corrected chi connectivity index (χ3v) is 2.13. The summed E-state index contributed by atoms with van der Waals surface area (Å²) in [7, 11) is 0. The average molecular weight is 185 g/mol. The second-order valence-electron chi connectivity index (χ2n) is 3.17. The summed E-state index contributed by atoms with van der Waals surface area (Å²) in [5.74, 6) is 1.55. The van der Waals surface area contributed by atoms with E-state index in [1.165, 1.54) is 0 Å². The van der Waals surface area contributed by atoms with Crippen LogP contribution in [0.2, 0.25) is 0 Å². The topological polar surface area (TPSA) is 64.5 Å². The largest absolute Gasteiger partial charge is 0.241 e. The van der Waals surface area contributed by atoms with E-state index in [4.69, 9.17) is 0 Å². The number of rotatable bonds is 0. The van der Waals surface area contributed by atoms with Crippen LogP contribution in [-0.2, 0) is 12.8 Å². The van der Waals surface area contributed by atoms with Gasteiger partial charge in [-0.05, 0) is 6.07 Å². The first-order chi connectivity index (χ1) is 6.90. The molecular weight excluding hydrogens is 178 g/mol. The maximum atomic E-state index is 4.30. The lowest BCUT2D eigenvalue weighted by Crippen LogP contribution is -2.09. The van der Waals surface area contributed by atoms with Crippen molar-refractivity contribution < 1.29 is 0 Å². The molecule has 4 bridgehead atoms. The van der Waals surface area contributed by atoms with Crippen molar-refractivity contribution in [1.82, 2.24) is 24.9 Å². The van der Waals surface area contributed by atoms with E-state index in [1.807, 2.05) is 6.07 Å². The molecule has 1 aliphatic heterocycles. The van der Waals surface area contributed by atoms with Crippen LogP contribution in [0.15, 0.2) is 18.7 Å². The van der Waals surface area contributed by atoms with Gasteiger partial charge in [0, 0.05) is 0 Å². The van der Waals surface area contributed by atoms with Crippen LogP contribution in [0.3, 0.4) is 0 Å². The van der Waals surface area contributed by atoms with Gasteiger partial charge >= 0.3 is 0 Å². The van der Waals surface area contributed by atoms with Crippen LogP contribution in [0, 0.1) is 0 Å². The summed E-state index contributed by atoms with van der Waals surface area (Å²) in [5.41, 5.74) is 1.93. The predicted molar refractivity (Wildman–Crippen MR) is 47.5 cm³/mol. The molecular formula is C9H7N5. The van der Waals surface area contributed by atoms with E-state index in [0.29, 0.717) is 12.8 Å². The SMILES string of the molecule is c1nc2cc(n1)Cc1ncnc(n1)C2. The van der Waals surface area contributed by atoms with Crippen LogP contribution >= 0.6 is 0 Å². The fourth-order valence-corrected chi connectivity index (χ4v) is 1.50. The van der Waals surface area contributed by atoms with Crippen LogP contribution in [0.5, 0.6) is 0 Å². The van der Waals surface area contributed by atoms with Gasteiger partial charge in [-0.1, -0.05) is 0 Å². The molecule has 0 saturated carbocycles. The highest BCUT2D eigenvalue weighted by molar-refractivity contribution is 5.18. The maximum Gasteiger partial charge on any atom is 0.138 e. The minimum atomic E-state index is 0.658. The molecule has 5 heteroatoms. The van der Waals surface area contributed by atoms with Crippen molar-refractivity contribution in [2.24, 2.45) is 0 Å². The molecule has 5 nitrogen and oxygen atoms in total. The minimum absolute atomic E-state index is 0.658. The molecule has 0 amide bonds. The van der Waals surface area contributed by atoms with Crippen molar-refractivity contribution >= 4 is 0 Å². The van der Waals surface area contributed by atoms with E-state index < -0.39 is 0 Å². The van der Waals surface area contributed by atoms with E-state index in [-0.39, 0.29) is 0 Å². The number of hydrogen-bond acceptors (Lipinski definition) is 5. The zero-order chi connectivity index (χ0) is 9.38. The van der Waals surface area contributed by atoms with Gasteiger partial charge in [-0.15, -0.1) is 0 Å². The molecule has 0 N–H and O–H groups in total. The Balaban J connectivity index is 2.17. The minimum Gasteiger partial charge on any atom is -0.241 e. The van der Waals surface area contributed by atoms with Gasteiger partial charge in [0.25, 0.3) is 0 Å². The summed E-state index contributed by atoms with van der Waals surface area (Å²) in [4.78, 5) is 20.8. The predicted octanol–water partition coefficient (Wildman–Crippen LogP) is 0.157. The number of fused-ring (bicyclic) bond motifs is 4. The van der Waals surface area contributed by atoms with Gasteiger partial charge < -0.3 is 0 Å². The fourth-order valence-electron chi connectivity index (χ4n) is 1.50. The van der Waals surface area contributed by atoms with Gasteiger partial charge in [-0.3, -0.25) is 0 Å².